The number of para-hydroxylation sites is 1. The van der Waals surface area contributed by atoms with Crippen LogP contribution in [0.3, 0.4) is 0 Å². The Labute approximate surface area is 156 Å². The molecule has 7 heteroatoms. The van der Waals surface area contributed by atoms with Gasteiger partial charge >= 0.3 is 0 Å². The number of nitrogens with zero attached hydrogens (tertiary/aromatic N) is 2. The molecule has 0 aromatic heterocycles. The van der Waals surface area contributed by atoms with Gasteiger partial charge < -0.3 is 15.0 Å². The van der Waals surface area contributed by atoms with Crippen molar-refractivity contribution in [2.45, 2.75) is 32.1 Å². The topological polar surface area (TPSA) is 71.0 Å². The highest BCUT2D eigenvalue weighted by atomic mass is 32.2. The van der Waals surface area contributed by atoms with Crippen LogP contribution in [0.2, 0.25) is 0 Å². The fraction of sp³-hybridized carbons (Fsp3) is 0.526. The van der Waals surface area contributed by atoms with Crippen LogP contribution in [-0.2, 0) is 16.4 Å². The predicted octanol–water partition coefficient (Wildman–Crippen LogP) is 1.67. The normalized spacial score (nSPS) is 18.8. The van der Waals surface area contributed by atoms with E-state index in [9.17, 15) is 8.42 Å². The Morgan fingerprint density at radius 3 is 2.81 bits per heavy atom. The van der Waals surface area contributed by atoms with Crippen LogP contribution in [0, 0.1) is 12.3 Å². The summed E-state index contributed by atoms with van der Waals surface area (Å²) in [6, 6.07) is 7.63. The van der Waals surface area contributed by atoms with E-state index < -0.39 is 14.6 Å². The molecule has 1 aromatic rings. The maximum atomic E-state index is 12.2. The van der Waals surface area contributed by atoms with Crippen molar-refractivity contribution in [1.29, 1.82) is 0 Å². The van der Waals surface area contributed by atoms with Crippen LogP contribution >= 0.6 is 0 Å². The first-order chi connectivity index (χ1) is 12.3. The van der Waals surface area contributed by atoms with Gasteiger partial charge in [-0.3, -0.25) is 0 Å². The highest BCUT2D eigenvalue weighted by Crippen LogP contribution is 2.24. The summed E-state index contributed by atoms with van der Waals surface area (Å²) >= 11 is 0. The predicted molar refractivity (Wildman–Crippen MR) is 105 cm³/mol. The summed E-state index contributed by atoms with van der Waals surface area (Å²) in [5.74, 6) is 4.02. The van der Waals surface area contributed by atoms with Crippen molar-refractivity contribution in [2.75, 3.05) is 32.0 Å². The van der Waals surface area contributed by atoms with Gasteiger partial charge in [-0.05, 0) is 26.8 Å². The van der Waals surface area contributed by atoms with Gasteiger partial charge in [-0.2, -0.15) is 0 Å². The van der Waals surface area contributed by atoms with Crippen LogP contribution in [0.1, 0.15) is 26.3 Å². The fourth-order valence-electron chi connectivity index (χ4n) is 2.81. The lowest BCUT2D eigenvalue weighted by Crippen LogP contribution is -2.57. The molecule has 2 rings (SSSR count). The molecule has 0 bridgehead atoms. The van der Waals surface area contributed by atoms with E-state index in [1.54, 1.807) is 13.8 Å². The zero-order chi connectivity index (χ0) is 19.2. The van der Waals surface area contributed by atoms with Gasteiger partial charge in [-0.1, -0.05) is 24.1 Å². The van der Waals surface area contributed by atoms with E-state index in [1.807, 2.05) is 36.1 Å². The smallest absolute Gasteiger partial charge is 0.194 e. The lowest BCUT2D eigenvalue weighted by molar-refractivity contribution is 0.352. The van der Waals surface area contributed by atoms with Gasteiger partial charge in [0.15, 0.2) is 15.8 Å². The van der Waals surface area contributed by atoms with Crippen molar-refractivity contribution in [3.8, 4) is 18.1 Å². The van der Waals surface area contributed by atoms with E-state index in [4.69, 9.17) is 16.2 Å². The molecule has 1 heterocycles. The third-order valence-electron chi connectivity index (χ3n) is 4.36. The van der Waals surface area contributed by atoms with Gasteiger partial charge in [-0.15, -0.1) is 6.42 Å². The van der Waals surface area contributed by atoms with E-state index in [0.717, 1.165) is 5.56 Å². The molecule has 1 aliphatic heterocycles. The zero-order valence-corrected chi connectivity index (χ0v) is 16.5. The SMILES string of the molecule is C#CCOc1ccccc1CN=C(NCC)N1CCS(=O)(=O)C(C)(C)C1. The Kier molecular flexibility index (Phi) is 6.54. The Hall–Kier alpha value is -2.20. The lowest BCUT2D eigenvalue weighted by Gasteiger charge is -2.39. The highest BCUT2D eigenvalue weighted by molar-refractivity contribution is 7.92. The van der Waals surface area contributed by atoms with E-state index >= 15 is 0 Å². The summed E-state index contributed by atoms with van der Waals surface area (Å²) < 4.78 is 29.2. The molecular weight excluding hydrogens is 350 g/mol. The summed E-state index contributed by atoms with van der Waals surface area (Å²) in [6.07, 6.45) is 5.26. The molecule has 142 valence electrons. The summed E-state index contributed by atoms with van der Waals surface area (Å²) in [7, 11) is -3.09. The first-order valence-electron chi connectivity index (χ1n) is 8.70. The zero-order valence-electron chi connectivity index (χ0n) is 15.7. The molecule has 1 aliphatic rings. The Morgan fingerprint density at radius 1 is 1.42 bits per heavy atom. The number of sulfone groups is 1. The van der Waals surface area contributed by atoms with Crippen molar-refractivity contribution in [3.63, 3.8) is 0 Å². The third kappa shape index (κ3) is 4.70. The first-order valence-corrected chi connectivity index (χ1v) is 10.4. The molecule has 0 radical (unpaired) electrons. The Balaban J connectivity index is 2.19. The average molecular weight is 378 g/mol. The van der Waals surface area contributed by atoms with E-state index in [1.165, 1.54) is 0 Å². The van der Waals surface area contributed by atoms with Gasteiger partial charge in [0.1, 0.15) is 12.4 Å². The second-order valence-electron chi connectivity index (χ2n) is 6.77. The number of hydrogen-bond acceptors (Lipinski definition) is 4. The lowest BCUT2D eigenvalue weighted by atomic mass is 10.2. The maximum Gasteiger partial charge on any atom is 0.194 e. The molecule has 0 aliphatic carbocycles. The number of benzene rings is 1. The molecule has 0 unspecified atom stereocenters. The largest absolute Gasteiger partial charge is 0.481 e. The Bertz CT molecular complexity index is 794. The number of nitrogens with one attached hydrogen (secondary N) is 1. The second-order valence-corrected chi connectivity index (χ2v) is 9.51. The maximum absolute atomic E-state index is 12.2. The van der Waals surface area contributed by atoms with Crippen LogP contribution in [0.5, 0.6) is 5.75 Å². The van der Waals surface area contributed by atoms with Crippen molar-refractivity contribution in [3.05, 3.63) is 29.8 Å². The molecule has 0 atom stereocenters. The number of rotatable bonds is 5. The number of hydrogen-bond donors (Lipinski definition) is 1. The van der Waals surface area contributed by atoms with Gasteiger partial charge in [-0.25, -0.2) is 13.4 Å². The standard InChI is InChI=1S/C19H27N3O3S/c1-5-12-25-17-10-8-7-9-16(17)14-21-18(20-6-2)22-11-13-26(23,24)19(3,4)15-22/h1,7-10H,6,11-15H2,2-4H3,(H,20,21). The van der Waals surface area contributed by atoms with Crippen LogP contribution < -0.4 is 10.1 Å². The van der Waals surface area contributed by atoms with Crippen LogP contribution in [0.25, 0.3) is 0 Å². The number of ether oxygens (including phenoxy) is 1. The minimum absolute atomic E-state index is 0.131. The minimum atomic E-state index is -3.09. The molecule has 1 aromatic carbocycles. The van der Waals surface area contributed by atoms with Crippen molar-refractivity contribution < 1.29 is 13.2 Å². The molecule has 0 amide bonds. The van der Waals surface area contributed by atoms with Crippen LogP contribution in [-0.4, -0.2) is 56.0 Å². The van der Waals surface area contributed by atoms with Crippen molar-refractivity contribution in [2.24, 2.45) is 4.99 Å². The van der Waals surface area contributed by atoms with Crippen molar-refractivity contribution in [1.82, 2.24) is 10.2 Å². The monoisotopic (exact) mass is 377 g/mol. The molecule has 26 heavy (non-hydrogen) atoms. The van der Waals surface area contributed by atoms with E-state index in [-0.39, 0.29) is 12.4 Å². The molecule has 0 saturated carbocycles. The van der Waals surface area contributed by atoms with Crippen molar-refractivity contribution >= 4 is 15.8 Å². The van der Waals surface area contributed by atoms with Crippen LogP contribution in [0.15, 0.2) is 29.3 Å². The summed E-state index contributed by atoms with van der Waals surface area (Å²) in [4.78, 5) is 6.70. The molecule has 6 nitrogen and oxygen atoms in total. The third-order valence-corrected chi connectivity index (χ3v) is 6.89. The molecule has 0 spiro atoms. The van der Waals surface area contributed by atoms with Crippen LogP contribution in [0.4, 0.5) is 0 Å². The van der Waals surface area contributed by atoms with E-state index in [0.29, 0.717) is 37.9 Å². The van der Waals surface area contributed by atoms with Gasteiger partial charge in [0, 0.05) is 25.2 Å². The second kappa shape index (κ2) is 8.45. The molecule has 1 fully saturated rings. The summed E-state index contributed by atoms with van der Waals surface area (Å²) in [5, 5.41) is 3.26. The van der Waals surface area contributed by atoms with Gasteiger partial charge in [0.05, 0.1) is 17.0 Å². The number of aliphatic imine (C=N–C) groups is 1. The molecule has 1 saturated heterocycles. The van der Waals surface area contributed by atoms with E-state index in [2.05, 4.69) is 11.2 Å². The number of guanidine groups is 1. The summed E-state index contributed by atoms with van der Waals surface area (Å²) in [6.45, 7) is 7.71. The average Bonchev–Trinajstić information content (AvgIpc) is 2.60. The molecular formula is C19H27N3O3S. The van der Waals surface area contributed by atoms with Gasteiger partial charge in [0.25, 0.3) is 0 Å². The number of terminal acetylenes is 1. The fourth-order valence-corrected chi connectivity index (χ4v) is 4.17. The summed E-state index contributed by atoms with van der Waals surface area (Å²) in [5.41, 5.74) is 0.932. The Morgan fingerprint density at radius 2 is 2.15 bits per heavy atom. The van der Waals surface area contributed by atoms with Gasteiger partial charge in [0.2, 0.25) is 0 Å². The minimum Gasteiger partial charge on any atom is -0.481 e. The quantitative estimate of drug-likeness (QED) is 0.480. The first kappa shape index (κ1) is 20.1. The molecule has 1 N–H and O–H groups in total. The highest BCUT2D eigenvalue weighted by Gasteiger charge is 2.40.